The van der Waals surface area contributed by atoms with E-state index in [1.54, 1.807) is 31.3 Å². The van der Waals surface area contributed by atoms with E-state index in [0.717, 1.165) is 5.56 Å². The number of hydrogen-bond donors (Lipinski definition) is 1. The maximum atomic E-state index is 11.5. The third kappa shape index (κ3) is 3.36. The quantitative estimate of drug-likeness (QED) is 0.836. The average molecular weight is 281 g/mol. The van der Waals surface area contributed by atoms with Gasteiger partial charge < -0.3 is 5.73 Å². The van der Waals surface area contributed by atoms with E-state index in [0.29, 0.717) is 12.2 Å². The minimum atomic E-state index is -3.23. The Morgan fingerprint density at radius 3 is 2.74 bits per heavy atom. The molecule has 0 spiro atoms. The van der Waals surface area contributed by atoms with Gasteiger partial charge in [-0.2, -0.15) is 4.80 Å². The van der Waals surface area contributed by atoms with Crippen molar-refractivity contribution < 1.29 is 8.42 Å². The number of hydrogen-bond acceptors (Lipinski definition) is 6. The van der Waals surface area contributed by atoms with Crippen molar-refractivity contribution in [3.63, 3.8) is 0 Å². The maximum absolute atomic E-state index is 11.5. The van der Waals surface area contributed by atoms with E-state index < -0.39 is 9.84 Å². The fraction of sp³-hybridized carbons (Fsp3) is 0.364. The van der Waals surface area contributed by atoms with Crippen LogP contribution in [0.5, 0.6) is 0 Å². The monoisotopic (exact) mass is 281 g/mol. The van der Waals surface area contributed by atoms with E-state index in [1.165, 1.54) is 11.1 Å². The van der Waals surface area contributed by atoms with Crippen molar-refractivity contribution in [3.8, 4) is 0 Å². The lowest BCUT2D eigenvalue weighted by Gasteiger charge is -2.10. The summed E-state index contributed by atoms with van der Waals surface area (Å²) >= 11 is 0. The number of benzene rings is 1. The number of sulfone groups is 1. The normalized spacial score (nSPS) is 13.4. The number of aryl methyl sites for hydroxylation is 1. The molecule has 0 bridgehead atoms. The molecule has 1 atom stereocenters. The van der Waals surface area contributed by atoms with E-state index >= 15 is 0 Å². The highest BCUT2D eigenvalue weighted by atomic mass is 32.2. The lowest BCUT2D eigenvalue weighted by molar-refractivity contribution is 0.601. The van der Waals surface area contributed by atoms with Crippen LogP contribution in [0.4, 0.5) is 0 Å². The molecule has 0 radical (unpaired) electrons. The molecule has 8 heteroatoms. The van der Waals surface area contributed by atoms with Crippen LogP contribution in [0.25, 0.3) is 0 Å². The Morgan fingerprint density at radius 1 is 1.42 bits per heavy atom. The van der Waals surface area contributed by atoms with Gasteiger partial charge in [0.05, 0.1) is 11.9 Å². The summed E-state index contributed by atoms with van der Waals surface area (Å²) in [6.07, 6.45) is 1.57. The summed E-state index contributed by atoms with van der Waals surface area (Å²) in [5.74, 6) is 0.528. The Morgan fingerprint density at radius 2 is 2.16 bits per heavy atom. The second-order valence-electron chi connectivity index (χ2n) is 4.35. The fourth-order valence-corrected chi connectivity index (χ4v) is 2.37. The zero-order valence-electron chi connectivity index (χ0n) is 10.7. The van der Waals surface area contributed by atoms with Crippen molar-refractivity contribution in [2.24, 2.45) is 12.8 Å². The Hall–Kier alpha value is -1.80. The van der Waals surface area contributed by atoms with Gasteiger partial charge in [-0.15, -0.1) is 10.2 Å². The minimum absolute atomic E-state index is 0.257. The molecule has 0 aliphatic carbocycles. The van der Waals surface area contributed by atoms with Crippen LogP contribution >= 0.6 is 0 Å². The molecule has 0 aliphatic heterocycles. The Balaban J connectivity index is 2.22. The predicted molar refractivity (Wildman–Crippen MR) is 69.0 cm³/mol. The van der Waals surface area contributed by atoms with Gasteiger partial charge in [-0.3, -0.25) is 0 Å². The van der Waals surface area contributed by atoms with Gasteiger partial charge in [0.1, 0.15) is 0 Å². The van der Waals surface area contributed by atoms with Gasteiger partial charge in [0.25, 0.3) is 0 Å². The molecule has 2 N–H and O–H groups in total. The van der Waals surface area contributed by atoms with Crippen LogP contribution in [0.3, 0.4) is 0 Å². The van der Waals surface area contributed by atoms with Crippen LogP contribution in [-0.4, -0.2) is 34.9 Å². The second-order valence-corrected chi connectivity index (χ2v) is 6.37. The number of rotatable bonds is 4. The second kappa shape index (κ2) is 5.06. The van der Waals surface area contributed by atoms with Crippen molar-refractivity contribution in [2.75, 3.05) is 6.26 Å². The van der Waals surface area contributed by atoms with Crippen LogP contribution in [-0.2, 0) is 23.3 Å². The van der Waals surface area contributed by atoms with E-state index in [4.69, 9.17) is 5.73 Å². The highest BCUT2D eigenvalue weighted by Gasteiger charge is 2.14. The Kier molecular flexibility index (Phi) is 3.63. The molecule has 2 rings (SSSR count). The fourth-order valence-electron chi connectivity index (χ4n) is 1.70. The van der Waals surface area contributed by atoms with E-state index in [9.17, 15) is 8.42 Å². The first-order chi connectivity index (χ1) is 8.86. The Bertz CT molecular complexity index is 680. The number of nitrogens with two attached hydrogens (primary N) is 1. The highest BCUT2D eigenvalue weighted by Crippen LogP contribution is 2.18. The first-order valence-electron chi connectivity index (χ1n) is 5.65. The largest absolute Gasteiger partial charge is 0.324 e. The molecule has 102 valence electrons. The molecule has 19 heavy (non-hydrogen) atoms. The van der Waals surface area contributed by atoms with E-state index in [1.807, 2.05) is 0 Å². The van der Waals surface area contributed by atoms with Gasteiger partial charge in [-0.1, -0.05) is 12.1 Å². The summed E-state index contributed by atoms with van der Waals surface area (Å²) in [7, 11) is -1.56. The maximum Gasteiger partial charge on any atom is 0.176 e. The SMILES string of the molecule is Cn1nnc(CC(N)c2cccc(S(C)(=O)=O)c2)n1. The average Bonchev–Trinajstić information content (AvgIpc) is 2.74. The molecule has 0 aliphatic rings. The summed E-state index contributed by atoms with van der Waals surface area (Å²) in [6, 6.07) is 6.22. The smallest absolute Gasteiger partial charge is 0.176 e. The van der Waals surface area contributed by atoms with Crippen molar-refractivity contribution in [2.45, 2.75) is 17.4 Å². The van der Waals surface area contributed by atoms with Crippen molar-refractivity contribution >= 4 is 9.84 Å². The molecule has 0 fully saturated rings. The third-order valence-electron chi connectivity index (χ3n) is 2.67. The number of nitrogens with zero attached hydrogens (tertiary/aromatic N) is 4. The molecule has 0 amide bonds. The molecule has 1 aromatic heterocycles. The van der Waals surface area contributed by atoms with Crippen LogP contribution in [0.2, 0.25) is 0 Å². The van der Waals surface area contributed by atoms with Crippen LogP contribution < -0.4 is 5.73 Å². The molecule has 0 saturated heterocycles. The van der Waals surface area contributed by atoms with Crippen molar-refractivity contribution in [1.29, 1.82) is 0 Å². The number of tetrazole rings is 1. The van der Waals surface area contributed by atoms with Gasteiger partial charge in [0.2, 0.25) is 0 Å². The Labute approximate surface area is 111 Å². The molecule has 1 unspecified atom stereocenters. The third-order valence-corrected chi connectivity index (χ3v) is 3.78. The van der Waals surface area contributed by atoms with Crippen LogP contribution in [0.15, 0.2) is 29.2 Å². The lowest BCUT2D eigenvalue weighted by atomic mass is 10.0. The van der Waals surface area contributed by atoms with Crippen LogP contribution in [0, 0.1) is 0 Å². The number of aromatic nitrogens is 4. The zero-order chi connectivity index (χ0) is 14.0. The molecule has 7 nitrogen and oxygen atoms in total. The van der Waals surface area contributed by atoms with Gasteiger partial charge in [-0.25, -0.2) is 8.42 Å². The summed E-state index contributed by atoms with van der Waals surface area (Å²) in [5, 5.41) is 11.6. The van der Waals surface area contributed by atoms with Gasteiger partial charge in [0, 0.05) is 18.7 Å². The summed E-state index contributed by atoms with van der Waals surface area (Å²) < 4.78 is 23.0. The van der Waals surface area contributed by atoms with Crippen molar-refractivity contribution in [1.82, 2.24) is 20.2 Å². The van der Waals surface area contributed by atoms with Crippen LogP contribution in [0.1, 0.15) is 17.4 Å². The lowest BCUT2D eigenvalue weighted by Crippen LogP contribution is -2.15. The molecular formula is C11H15N5O2S. The first kappa shape index (κ1) is 13.6. The topological polar surface area (TPSA) is 104 Å². The van der Waals surface area contributed by atoms with E-state index in [2.05, 4.69) is 15.4 Å². The minimum Gasteiger partial charge on any atom is -0.324 e. The van der Waals surface area contributed by atoms with Gasteiger partial charge in [0.15, 0.2) is 15.7 Å². The van der Waals surface area contributed by atoms with Gasteiger partial charge in [-0.05, 0) is 22.9 Å². The van der Waals surface area contributed by atoms with Crippen molar-refractivity contribution in [3.05, 3.63) is 35.7 Å². The highest BCUT2D eigenvalue weighted by molar-refractivity contribution is 7.90. The standard InChI is InChI=1S/C11H15N5O2S/c1-16-14-11(13-15-16)7-10(12)8-4-3-5-9(6-8)19(2,17)18/h3-6,10H,7,12H2,1-2H3. The predicted octanol–water partition coefficient (Wildman–Crippen LogP) is -0.144. The molecule has 1 aromatic carbocycles. The first-order valence-corrected chi connectivity index (χ1v) is 7.54. The zero-order valence-corrected chi connectivity index (χ0v) is 11.5. The summed E-state index contributed by atoms with van der Waals surface area (Å²) in [5.41, 5.74) is 6.77. The summed E-state index contributed by atoms with van der Waals surface area (Å²) in [6.45, 7) is 0. The van der Waals surface area contributed by atoms with Gasteiger partial charge >= 0.3 is 0 Å². The molecule has 0 saturated carbocycles. The molecular weight excluding hydrogens is 266 g/mol. The molecule has 2 aromatic rings. The molecule has 1 heterocycles. The summed E-state index contributed by atoms with van der Waals surface area (Å²) in [4.78, 5) is 1.61. The van der Waals surface area contributed by atoms with E-state index in [-0.39, 0.29) is 10.9 Å².